The van der Waals surface area contributed by atoms with Gasteiger partial charge in [0.2, 0.25) is 0 Å². The highest BCUT2D eigenvalue weighted by molar-refractivity contribution is 7.10. The summed E-state index contributed by atoms with van der Waals surface area (Å²) in [6.07, 6.45) is 4.10. The van der Waals surface area contributed by atoms with Gasteiger partial charge >= 0.3 is 0 Å². The molecule has 0 saturated heterocycles. The van der Waals surface area contributed by atoms with Crippen molar-refractivity contribution in [3.63, 3.8) is 0 Å². The maximum absolute atomic E-state index is 12.8. The molecule has 0 radical (unpaired) electrons. The van der Waals surface area contributed by atoms with Gasteiger partial charge in [0.15, 0.2) is 0 Å². The van der Waals surface area contributed by atoms with Crippen LogP contribution in [0.25, 0.3) is 11.1 Å². The molecule has 2 aromatic heterocycles. The van der Waals surface area contributed by atoms with Crippen LogP contribution in [0.15, 0.2) is 48.1 Å². The van der Waals surface area contributed by atoms with Crippen LogP contribution in [-0.4, -0.2) is 10.1 Å². The van der Waals surface area contributed by atoms with Gasteiger partial charge < -0.3 is 5.11 Å². The number of aliphatic hydroxyl groups excluding tert-OH is 1. The van der Waals surface area contributed by atoms with Gasteiger partial charge in [0.05, 0.1) is 0 Å². The first-order valence-electron chi connectivity index (χ1n) is 4.76. The Morgan fingerprint density at radius 3 is 2.81 bits per heavy atom. The summed E-state index contributed by atoms with van der Waals surface area (Å²) in [5.74, 6) is -0.525. The molecule has 16 heavy (non-hydrogen) atoms. The molecule has 0 aliphatic heterocycles. The van der Waals surface area contributed by atoms with Crippen LogP contribution >= 0.6 is 11.3 Å². The fourth-order valence-electron chi connectivity index (χ4n) is 1.38. The van der Waals surface area contributed by atoms with Crippen LogP contribution in [0.1, 0.15) is 4.88 Å². The topological polar surface area (TPSA) is 33.1 Å². The zero-order valence-electron chi connectivity index (χ0n) is 8.43. The molecule has 0 aliphatic carbocycles. The van der Waals surface area contributed by atoms with Crippen molar-refractivity contribution in [3.8, 4) is 11.1 Å². The number of hydrogen-bond acceptors (Lipinski definition) is 3. The largest absolute Gasteiger partial charge is 0.513 e. The summed E-state index contributed by atoms with van der Waals surface area (Å²) < 4.78 is 12.8. The molecule has 0 amide bonds. The fourth-order valence-corrected chi connectivity index (χ4v) is 2.28. The summed E-state index contributed by atoms with van der Waals surface area (Å²) in [6.45, 7) is 0. The Hall–Kier alpha value is -1.68. The number of nitrogens with zero attached hydrogens (tertiary/aromatic N) is 1. The van der Waals surface area contributed by atoms with Gasteiger partial charge in [-0.2, -0.15) is 0 Å². The number of rotatable bonds is 3. The van der Waals surface area contributed by atoms with E-state index in [1.54, 1.807) is 12.4 Å². The Bertz CT molecular complexity index is 493. The molecule has 82 valence electrons. The molecule has 0 aromatic carbocycles. The van der Waals surface area contributed by atoms with E-state index < -0.39 is 5.83 Å². The van der Waals surface area contributed by atoms with Gasteiger partial charge in [-0.1, -0.05) is 0 Å². The van der Waals surface area contributed by atoms with Gasteiger partial charge in [-0.05, 0) is 34.7 Å². The van der Waals surface area contributed by atoms with Crippen molar-refractivity contribution in [2.75, 3.05) is 0 Å². The summed E-state index contributed by atoms with van der Waals surface area (Å²) in [4.78, 5) is 4.82. The number of allylic oxidation sites excluding steroid dienone is 1. The molecule has 2 rings (SSSR count). The average Bonchev–Trinajstić information content (AvgIpc) is 2.78. The second-order valence-corrected chi connectivity index (χ2v) is 4.29. The third-order valence-electron chi connectivity index (χ3n) is 2.15. The van der Waals surface area contributed by atoms with Crippen LogP contribution in [0.3, 0.4) is 0 Å². The second kappa shape index (κ2) is 4.90. The lowest BCUT2D eigenvalue weighted by Gasteiger charge is -1.94. The fraction of sp³-hybridized carbons (Fsp3) is 0.0833. The van der Waals surface area contributed by atoms with Crippen LogP contribution in [0.5, 0.6) is 0 Å². The minimum atomic E-state index is -0.525. The molecule has 2 aromatic rings. The zero-order valence-corrected chi connectivity index (χ0v) is 9.25. The first-order chi connectivity index (χ1) is 7.79. The minimum absolute atomic E-state index is 0.145. The highest BCUT2D eigenvalue weighted by Crippen LogP contribution is 2.26. The maximum Gasteiger partial charge on any atom is 0.139 e. The van der Waals surface area contributed by atoms with E-state index in [4.69, 9.17) is 5.11 Å². The number of hydrogen-bond donors (Lipinski definition) is 1. The molecule has 4 heteroatoms. The van der Waals surface area contributed by atoms with E-state index in [2.05, 4.69) is 4.98 Å². The molecule has 0 unspecified atom stereocenters. The molecule has 0 atom stereocenters. The standard InChI is InChI=1S/C12H10FNOS/c13-11(7-15)6-12-5-10(8-16-12)9-1-3-14-4-2-9/h1-5,7-8,15H,6H2/b11-7-. The normalized spacial score (nSPS) is 11.7. The molecule has 2 nitrogen and oxygen atoms in total. The van der Waals surface area contributed by atoms with Crippen LogP contribution in [0.2, 0.25) is 0 Å². The molecule has 0 saturated carbocycles. The lowest BCUT2D eigenvalue weighted by atomic mass is 10.1. The van der Waals surface area contributed by atoms with Gasteiger partial charge in [-0.15, -0.1) is 11.3 Å². The SMILES string of the molecule is O/C=C(\F)Cc1cc(-c2ccncc2)cs1. The van der Waals surface area contributed by atoms with E-state index in [-0.39, 0.29) is 6.42 Å². The van der Waals surface area contributed by atoms with E-state index >= 15 is 0 Å². The van der Waals surface area contributed by atoms with Crippen molar-refractivity contribution >= 4 is 11.3 Å². The molecule has 1 N–H and O–H groups in total. The van der Waals surface area contributed by atoms with Crippen molar-refractivity contribution in [1.29, 1.82) is 0 Å². The Labute approximate surface area is 96.7 Å². The van der Waals surface area contributed by atoms with Crippen LogP contribution in [-0.2, 0) is 6.42 Å². The lowest BCUT2D eigenvalue weighted by Crippen LogP contribution is -1.80. The van der Waals surface area contributed by atoms with E-state index in [0.717, 1.165) is 16.0 Å². The van der Waals surface area contributed by atoms with Crippen molar-refractivity contribution in [2.24, 2.45) is 0 Å². The summed E-state index contributed by atoms with van der Waals surface area (Å²) >= 11 is 1.48. The van der Waals surface area contributed by atoms with Crippen molar-refractivity contribution in [2.45, 2.75) is 6.42 Å². The van der Waals surface area contributed by atoms with Gasteiger partial charge in [0.1, 0.15) is 12.1 Å². The van der Waals surface area contributed by atoms with E-state index in [0.29, 0.717) is 6.26 Å². The smallest absolute Gasteiger partial charge is 0.139 e. The average molecular weight is 235 g/mol. The molecular formula is C12H10FNOS. The molecule has 2 heterocycles. The molecule has 0 aliphatic rings. The number of pyridine rings is 1. The predicted molar refractivity (Wildman–Crippen MR) is 63.1 cm³/mol. The lowest BCUT2D eigenvalue weighted by molar-refractivity contribution is 0.436. The summed E-state index contributed by atoms with van der Waals surface area (Å²) in [5.41, 5.74) is 2.11. The highest BCUT2D eigenvalue weighted by atomic mass is 32.1. The summed E-state index contributed by atoms with van der Waals surface area (Å²) in [5, 5.41) is 10.4. The zero-order chi connectivity index (χ0) is 11.4. The number of thiophene rings is 1. The maximum atomic E-state index is 12.8. The van der Waals surface area contributed by atoms with E-state index in [1.165, 1.54) is 11.3 Å². The second-order valence-electron chi connectivity index (χ2n) is 3.29. The summed E-state index contributed by atoms with van der Waals surface area (Å²) in [7, 11) is 0. The van der Waals surface area contributed by atoms with Crippen molar-refractivity contribution in [3.05, 3.63) is 52.9 Å². The molecule has 0 fully saturated rings. The van der Waals surface area contributed by atoms with Gasteiger partial charge in [0.25, 0.3) is 0 Å². The van der Waals surface area contributed by atoms with Gasteiger partial charge in [0, 0.05) is 23.7 Å². The van der Waals surface area contributed by atoms with Crippen LogP contribution in [0, 0.1) is 0 Å². The Kier molecular flexibility index (Phi) is 3.31. The number of aliphatic hydroxyl groups is 1. The molecule has 0 bridgehead atoms. The van der Waals surface area contributed by atoms with Crippen LogP contribution < -0.4 is 0 Å². The third-order valence-corrected chi connectivity index (χ3v) is 3.09. The predicted octanol–water partition coefficient (Wildman–Crippen LogP) is 3.72. The van der Waals surface area contributed by atoms with E-state index in [9.17, 15) is 4.39 Å². The van der Waals surface area contributed by atoms with Crippen LogP contribution in [0.4, 0.5) is 4.39 Å². The van der Waals surface area contributed by atoms with E-state index in [1.807, 2.05) is 23.6 Å². The minimum Gasteiger partial charge on any atom is -0.513 e. The first-order valence-corrected chi connectivity index (χ1v) is 5.64. The van der Waals surface area contributed by atoms with Gasteiger partial charge in [-0.3, -0.25) is 4.98 Å². The summed E-state index contributed by atoms with van der Waals surface area (Å²) in [6, 6.07) is 5.73. The quantitative estimate of drug-likeness (QED) is 0.822. The Morgan fingerprint density at radius 2 is 2.12 bits per heavy atom. The van der Waals surface area contributed by atoms with Crippen molar-refractivity contribution in [1.82, 2.24) is 4.98 Å². The monoisotopic (exact) mass is 235 g/mol. The number of aromatic nitrogens is 1. The third kappa shape index (κ3) is 2.46. The van der Waals surface area contributed by atoms with Gasteiger partial charge in [-0.25, -0.2) is 4.39 Å². The number of halogens is 1. The van der Waals surface area contributed by atoms with Crippen molar-refractivity contribution < 1.29 is 9.50 Å². The highest BCUT2D eigenvalue weighted by Gasteiger charge is 2.04. The Balaban J connectivity index is 2.20. The molecular weight excluding hydrogens is 225 g/mol. The first kappa shape index (κ1) is 10.8. The molecule has 0 spiro atoms. The Morgan fingerprint density at radius 1 is 1.38 bits per heavy atom.